The van der Waals surface area contributed by atoms with Crippen LogP contribution >= 0.6 is 0 Å². The first kappa shape index (κ1) is 4990. The summed E-state index contributed by atoms with van der Waals surface area (Å²) in [5, 5.41) is 0. The van der Waals surface area contributed by atoms with Crippen molar-refractivity contribution in [3.8, 4) is 0 Å². The van der Waals surface area contributed by atoms with Crippen molar-refractivity contribution in [2.24, 2.45) is 0 Å². The van der Waals surface area contributed by atoms with Gasteiger partial charge < -0.3 is 0 Å². The van der Waals surface area contributed by atoms with Crippen LogP contribution in [0.4, 0.5) is 0 Å². The molecule has 55 valence electrons. The quantitative estimate of drug-likeness (QED) is 0.315. The fraction of sp³-hybridized carbons (Fsp3) is 0. The van der Waals surface area contributed by atoms with E-state index in [1.165, 1.54) is 0 Å². The molecular formula is N11. The van der Waals surface area contributed by atoms with Crippen LogP contribution in [-0.2, 0) is 0 Å². The average Bonchev–Trinajstić information content (AvgIpc) is 0. The molecule has 0 atom stereocenters. The van der Waals surface area contributed by atoms with E-state index in [2.05, 4.69) is 0 Å². The van der Waals surface area contributed by atoms with Crippen molar-refractivity contribution >= 4 is 0 Å². The van der Waals surface area contributed by atoms with Gasteiger partial charge in [0.05, 0.1) is 0 Å². The normalized spacial score (nSPS) is 0. The summed E-state index contributed by atoms with van der Waals surface area (Å²) >= 11 is 0. The summed E-state index contributed by atoms with van der Waals surface area (Å²) in [7, 11) is 0. The highest BCUT2D eigenvalue weighted by molar-refractivity contribution is 2.14. The van der Waals surface area contributed by atoms with E-state index < -0.39 is 0 Å². The van der Waals surface area contributed by atoms with E-state index in [0.29, 0.717) is 0 Å². The van der Waals surface area contributed by atoms with Crippen molar-refractivity contribution in [3.63, 3.8) is 0 Å². The Labute approximate surface area is 68.9 Å². The molecule has 0 heterocycles. The van der Waals surface area contributed by atoms with Gasteiger partial charge in [-0.1, -0.05) is 0 Å². The maximum absolute atomic E-state index is 0. The van der Waals surface area contributed by atoms with E-state index >= 15 is 0 Å². The largest absolute Gasteiger partial charge is 0 e. The summed E-state index contributed by atoms with van der Waals surface area (Å²) in [4.78, 5) is 0. The van der Waals surface area contributed by atoms with Crippen molar-refractivity contribution in [1.29, 1.82) is 0 Å². The van der Waals surface area contributed by atoms with Crippen LogP contribution in [0.3, 0.4) is 0 Å². The van der Waals surface area contributed by atoms with Crippen LogP contribution in [0.15, 0.2) is 0 Å². The fourth-order valence-corrected chi connectivity index (χ4v) is 0. The Hall–Kier alpha value is -0.440. The lowest BCUT2D eigenvalue weighted by Crippen LogP contribution is -0.482. The van der Waals surface area contributed by atoms with Crippen molar-refractivity contribution < 1.29 is 0 Å². The molecule has 0 aromatic heterocycles. The molecule has 0 aliphatic carbocycles. The number of rotatable bonds is 0. The third kappa shape index (κ3) is 2820. The third-order valence-corrected chi connectivity index (χ3v) is 0. The predicted octanol–water partition coefficient (Wildman–Crippen LogP) is -5.29. The van der Waals surface area contributed by atoms with E-state index in [1.54, 1.807) is 0 Å². The standard InChI is InChI=1S/11N. The van der Waals surface area contributed by atoms with Crippen LogP contribution in [0.1, 0.15) is 0 Å². The van der Waals surface area contributed by atoms with Crippen LogP contribution < -0.4 is 67.7 Å². The van der Waals surface area contributed by atoms with Gasteiger partial charge in [0.2, 0.25) is 0 Å². The van der Waals surface area contributed by atoms with Crippen molar-refractivity contribution in [1.82, 2.24) is 67.7 Å². The highest BCUT2D eigenvalue weighted by Crippen LogP contribution is -0.471. The summed E-state index contributed by atoms with van der Waals surface area (Å²) in [5.41, 5.74) is 0. The first-order valence-electron chi connectivity index (χ1n) is 0. The number of hydrogen-bond acceptors (Lipinski definition) is 0. The Bertz CT molecular complexity index is 0. The molecule has 11 heteroatoms. The molecule has 0 aromatic rings. The van der Waals surface area contributed by atoms with Gasteiger partial charge in [-0.25, -0.2) is 0 Å². The van der Waals surface area contributed by atoms with Crippen molar-refractivity contribution in [2.75, 3.05) is 0 Å². The first-order chi connectivity index (χ1) is 0. The van der Waals surface area contributed by atoms with Gasteiger partial charge in [-0.05, 0) is 0 Å². The van der Waals surface area contributed by atoms with Gasteiger partial charge >= 0.3 is 0 Å². The molecule has 0 amide bonds. The van der Waals surface area contributed by atoms with Crippen LogP contribution in [0.2, 0.25) is 0 Å². The van der Waals surface area contributed by atoms with E-state index in [-0.39, 0.29) is 67.7 Å². The first-order valence-corrected chi connectivity index (χ1v) is 0. The molecule has 0 aliphatic rings. The monoisotopic (exact) mass is 154 g/mol. The smallest absolute Gasteiger partial charge is 0 e. The lowest BCUT2D eigenvalue weighted by molar-refractivity contribution is 2.13. The van der Waals surface area contributed by atoms with Gasteiger partial charge in [-0.2, -0.15) is 0 Å². The summed E-state index contributed by atoms with van der Waals surface area (Å²) in [5.74, 6) is 0. The van der Waals surface area contributed by atoms with Crippen LogP contribution in [0.25, 0.3) is 0 Å². The molecule has 11 nitrogen and oxygen atoms in total. The average molecular weight is 154 g/mol. The minimum Gasteiger partial charge on any atom is 0 e. The minimum absolute atomic E-state index is 0. The molecule has 0 aromatic carbocycles. The van der Waals surface area contributed by atoms with Crippen LogP contribution in [0, 0.1) is 0 Å². The minimum atomic E-state index is 0. The zero-order chi connectivity index (χ0) is 0. The zero-order valence-electron chi connectivity index (χ0n) is 4.92. The Morgan fingerprint density at radius 1 is 0.0909 bits per heavy atom. The van der Waals surface area contributed by atoms with Gasteiger partial charge in [0.25, 0.3) is 0 Å². The molecule has 11 heavy (non-hydrogen) atoms. The summed E-state index contributed by atoms with van der Waals surface area (Å²) < 4.78 is 0. The third-order valence-electron chi connectivity index (χ3n) is 0. The SMILES string of the molecule is [N].[N].[N].[N].[N].[N].[N].[N].[N].[N].[N]. The molecule has 0 spiro atoms. The summed E-state index contributed by atoms with van der Waals surface area (Å²) in [6.45, 7) is 0. The molecule has 0 N–H and O–H groups in total. The van der Waals surface area contributed by atoms with Crippen molar-refractivity contribution in [2.45, 2.75) is 0 Å². The molecule has 33 radical (unpaired) electrons. The number of nitrogens with zero attached hydrogens (tertiary/aromatic N) is 11. The molecule has 0 bridgehead atoms. The summed E-state index contributed by atoms with van der Waals surface area (Å²) in [6.07, 6.45) is 0. The van der Waals surface area contributed by atoms with Gasteiger partial charge in [-0.15, -0.1) is 0 Å². The van der Waals surface area contributed by atoms with Crippen molar-refractivity contribution in [3.05, 3.63) is 0 Å². The Morgan fingerprint density at radius 3 is 0.0909 bits per heavy atom. The topological polar surface area (TPSA) is 336 Å². The van der Waals surface area contributed by atoms with E-state index in [1.807, 2.05) is 0 Å². The van der Waals surface area contributed by atoms with E-state index in [4.69, 9.17) is 0 Å². The Balaban J connectivity index is 0. The zero-order valence-corrected chi connectivity index (χ0v) is 4.92. The maximum atomic E-state index is 0. The van der Waals surface area contributed by atoms with E-state index in [9.17, 15) is 0 Å². The van der Waals surface area contributed by atoms with Gasteiger partial charge in [0.1, 0.15) is 0 Å². The van der Waals surface area contributed by atoms with Gasteiger partial charge in [0.15, 0.2) is 0 Å². The predicted molar refractivity (Wildman–Crippen MR) is 23.5 cm³/mol. The molecule has 0 saturated carbocycles. The second kappa shape index (κ2) is 3620. The molecule has 0 aliphatic heterocycles. The second-order valence-electron chi connectivity index (χ2n) is 0. The molecule has 0 fully saturated rings. The lowest BCUT2D eigenvalue weighted by Gasteiger charge is -0.00100. The Morgan fingerprint density at radius 2 is 0.0909 bits per heavy atom. The molecular weight excluding hydrogens is 154 g/mol. The summed E-state index contributed by atoms with van der Waals surface area (Å²) in [6, 6.07) is 0. The number of hydrogen-bond donors (Lipinski definition) is 0. The van der Waals surface area contributed by atoms with Crippen LogP contribution in [0.5, 0.6) is 0 Å². The van der Waals surface area contributed by atoms with Gasteiger partial charge in [-0.3, -0.25) is 0 Å². The fourth-order valence-electron chi connectivity index (χ4n) is 0. The Kier molecular flexibility index (Phi) is 1640000. The molecule has 0 saturated heterocycles. The highest BCUT2D eigenvalue weighted by Gasteiger charge is 0.0100. The lowest BCUT2D eigenvalue weighted by atomic mass is 14.0. The molecule has 0 rings (SSSR count). The van der Waals surface area contributed by atoms with E-state index in [0.717, 1.165) is 0 Å². The maximum Gasteiger partial charge on any atom is 0 e. The molecule has 0 unspecified atom stereocenters. The van der Waals surface area contributed by atoms with Gasteiger partial charge in [0, 0.05) is 67.7 Å². The van der Waals surface area contributed by atoms with Crippen LogP contribution in [-0.4, -0.2) is 0 Å². The second-order valence-corrected chi connectivity index (χ2v) is 0. The highest BCUT2D eigenvalue weighted by atomic mass is 14.0.